The number of carbonyl (C=O) groups excluding carboxylic acids is 1. The normalized spacial score (nSPS) is 11.1. The quantitative estimate of drug-likeness (QED) is 0.748. The van der Waals surface area contributed by atoms with Gasteiger partial charge in [0, 0.05) is 12.5 Å². The molecule has 0 aromatic carbocycles. The molecule has 0 saturated heterocycles. The zero-order chi connectivity index (χ0) is 12.1. The summed E-state index contributed by atoms with van der Waals surface area (Å²) >= 11 is 3.41. The summed E-state index contributed by atoms with van der Waals surface area (Å²) in [5, 5.41) is 4.23. The molecule has 1 aromatic rings. The number of aryl methyl sites for hydroxylation is 1. The highest BCUT2D eigenvalue weighted by atomic mass is 79.9. The topological polar surface area (TPSA) is 34.9 Å². The van der Waals surface area contributed by atoms with Crippen molar-refractivity contribution in [1.82, 2.24) is 9.78 Å². The van der Waals surface area contributed by atoms with Crippen LogP contribution in [-0.4, -0.2) is 15.6 Å². The highest BCUT2D eigenvalue weighted by molar-refractivity contribution is 9.10. The average molecular weight is 287 g/mol. The highest BCUT2D eigenvalue weighted by Crippen LogP contribution is 2.23. The molecule has 0 fully saturated rings. The largest absolute Gasteiger partial charge is 0.292 e. The van der Waals surface area contributed by atoms with E-state index in [1.54, 1.807) is 6.20 Å². The van der Waals surface area contributed by atoms with Gasteiger partial charge in [-0.1, -0.05) is 20.8 Å². The second kappa shape index (κ2) is 6.18. The van der Waals surface area contributed by atoms with Gasteiger partial charge in [-0.05, 0) is 35.2 Å². The summed E-state index contributed by atoms with van der Waals surface area (Å²) in [7, 11) is 0. The van der Waals surface area contributed by atoms with E-state index in [1.165, 1.54) is 0 Å². The third-order valence-corrected chi connectivity index (χ3v) is 3.40. The van der Waals surface area contributed by atoms with Gasteiger partial charge in [0.1, 0.15) is 5.69 Å². The molecule has 0 aliphatic rings. The van der Waals surface area contributed by atoms with Crippen molar-refractivity contribution in [2.24, 2.45) is 5.92 Å². The first-order valence-corrected chi connectivity index (χ1v) is 6.70. The molecule has 90 valence electrons. The van der Waals surface area contributed by atoms with Crippen LogP contribution < -0.4 is 0 Å². The van der Waals surface area contributed by atoms with Crippen molar-refractivity contribution in [2.45, 2.75) is 46.6 Å². The van der Waals surface area contributed by atoms with E-state index in [0.29, 0.717) is 0 Å². The van der Waals surface area contributed by atoms with E-state index < -0.39 is 0 Å². The summed E-state index contributed by atoms with van der Waals surface area (Å²) in [4.78, 5) is 12.3. The van der Waals surface area contributed by atoms with Gasteiger partial charge in [-0.25, -0.2) is 0 Å². The van der Waals surface area contributed by atoms with Gasteiger partial charge in [0.05, 0.1) is 10.7 Å². The fraction of sp³-hybridized carbons (Fsp3) is 0.667. The summed E-state index contributed by atoms with van der Waals surface area (Å²) in [6, 6.07) is 0. The number of ketones is 1. The Morgan fingerprint density at radius 2 is 2.06 bits per heavy atom. The Morgan fingerprint density at radius 3 is 2.56 bits per heavy atom. The molecule has 0 atom stereocenters. The second-order valence-corrected chi connectivity index (χ2v) is 4.80. The Kier molecular flexibility index (Phi) is 5.19. The molecule has 1 heterocycles. The summed E-state index contributed by atoms with van der Waals surface area (Å²) in [6.45, 7) is 6.99. The Bertz CT molecular complexity index is 356. The molecule has 0 aliphatic heterocycles. The van der Waals surface area contributed by atoms with Crippen LogP contribution in [0.25, 0.3) is 0 Å². The maximum absolute atomic E-state index is 12.3. The van der Waals surface area contributed by atoms with Crippen molar-refractivity contribution in [3.05, 3.63) is 16.4 Å². The zero-order valence-corrected chi connectivity index (χ0v) is 11.7. The first-order valence-electron chi connectivity index (χ1n) is 5.91. The predicted octanol–water partition coefficient (Wildman–Crippen LogP) is 3.67. The Hall–Kier alpha value is -0.640. The van der Waals surface area contributed by atoms with Gasteiger partial charge in [0.2, 0.25) is 0 Å². The maximum Gasteiger partial charge on any atom is 0.185 e. The van der Waals surface area contributed by atoms with Gasteiger partial charge in [0.25, 0.3) is 0 Å². The van der Waals surface area contributed by atoms with Crippen LogP contribution in [0.5, 0.6) is 0 Å². The summed E-state index contributed by atoms with van der Waals surface area (Å²) in [5.74, 6) is 0.325. The molecule has 0 N–H and O–H groups in total. The fourth-order valence-corrected chi connectivity index (χ4v) is 2.33. The third kappa shape index (κ3) is 2.73. The Labute approximate surface area is 105 Å². The molecule has 0 spiro atoms. The van der Waals surface area contributed by atoms with Gasteiger partial charge < -0.3 is 0 Å². The Morgan fingerprint density at radius 1 is 1.44 bits per heavy atom. The van der Waals surface area contributed by atoms with E-state index in [4.69, 9.17) is 0 Å². The van der Waals surface area contributed by atoms with Crippen LogP contribution in [0.15, 0.2) is 10.7 Å². The minimum absolute atomic E-state index is 0.114. The molecular formula is C12H19BrN2O. The molecule has 0 unspecified atom stereocenters. The van der Waals surface area contributed by atoms with E-state index in [1.807, 2.05) is 4.68 Å². The number of hydrogen-bond donors (Lipinski definition) is 0. The first kappa shape index (κ1) is 13.4. The zero-order valence-electron chi connectivity index (χ0n) is 10.2. The molecule has 0 bridgehead atoms. The Balaban J connectivity index is 3.01. The lowest BCUT2D eigenvalue weighted by molar-refractivity contribution is 0.0901. The standard InChI is InChI=1S/C12H19BrN2O/c1-4-7-15-11(10(13)8-14-15)12(16)9(5-2)6-3/h8-9H,4-7H2,1-3H3. The molecule has 0 aliphatic carbocycles. The van der Waals surface area contributed by atoms with Crippen LogP contribution in [0.1, 0.15) is 50.5 Å². The number of nitrogens with zero attached hydrogens (tertiary/aromatic N) is 2. The van der Waals surface area contributed by atoms with Gasteiger partial charge in [-0.3, -0.25) is 9.48 Å². The summed E-state index contributed by atoms with van der Waals surface area (Å²) in [6.07, 6.45) is 4.47. The van der Waals surface area contributed by atoms with Crippen LogP contribution >= 0.6 is 15.9 Å². The first-order chi connectivity index (χ1) is 7.65. The average Bonchev–Trinajstić information content (AvgIpc) is 2.62. The molecule has 0 amide bonds. The minimum atomic E-state index is 0.114. The molecule has 1 rings (SSSR count). The SMILES string of the molecule is CCCn1ncc(Br)c1C(=O)C(CC)CC. The monoisotopic (exact) mass is 286 g/mol. The third-order valence-electron chi connectivity index (χ3n) is 2.82. The molecule has 1 aromatic heterocycles. The van der Waals surface area contributed by atoms with Crippen LogP contribution in [0, 0.1) is 5.92 Å². The molecular weight excluding hydrogens is 268 g/mol. The molecule has 0 saturated carbocycles. The van der Waals surface area contributed by atoms with Crippen molar-refractivity contribution in [3.8, 4) is 0 Å². The highest BCUT2D eigenvalue weighted by Gasteiger charge is 2.22. The number of aromatic nitrogens is 2. The number of hydrogen-bond acceptors (Lipinski definition) is 2. The second-order valence-electron chi connectivity index (χ2n) is 3.94. The van der Waals surface area contributed by atoms with Crippen molar-refractivity contribution >= 4 is 21.7 Å². The van der Waals surface area contributed by atoms with Crippen molar-refractivity contribution in [1.29, 1.82) is 0 Å². The van der Waals surface area contributed by atoms with Crippen molar-refractivity contribution in [2.75, 3.05) is 0 Å². The predicted molar refractivity (Wildman–Crippen MR) is 68.6 cm³/mol. The van der Waals surface area contributed by atoms with Crippen LogP contribution in [0.4, 0.5) is 0 Å². The lowest BCUT2D eigenvalue weighted by Gasteiger charge is -2.12. The van der Waals surface area contributed by atoms with Crippen LogP contribution in [0.3, 0.4) is 0 Å². The van der Waals surface area contributed by atoms with E-state index in [9.17, 15) is 4.79 Å². The van der Waals surface area contributed by atoms with Gasteiger partial charge in [0.15, 0.2) is 5.78 Å². The van der Waals surface area contributed by atoms with Crippen molar-refractivity contribution < 1.29 is 4.79 Å². The molecule has 4 heteroatoms. The number of halogens is 1. The molecule has 3 nitrogen and oxygen atoms in total. The molecule has 16 heavy (non-hydrogen) atoms. The van der Waals surface area contributed by atoms with Gasteiger partial charge >= 0.3 is 0 Å². The van der Waals surface area contributed by atoms with E-state index in [0.717, 1.165) is 36.0 Å². The fourth-order valence-electron chi connectivity index (χ4n) is 1.84. The van der Waals surface area contributed by atoms with Gasteiger partial charge in [-0.2, -0.15) is 5.10 Å². The number of rotatable bonds is 6. The van der Waals surface area contributed by atoms with E-state index in [-0.39, 0.29) is 11.7 Å². The number of carbonyl (C=O) groups is 1. The van der Waals surface area contributed by atoms with Crippen LogP contribution in [-0.2, 0) is 6.54 Å². The smallest absolute Gasteiger partial charge is 0.185 e. The van der Waals surface area contributed by atoms with E-state index >= 15 is 0 Å². The van der Waals surface area contributed by atoms with Gasteiger partial charge in [-0.15, -0.1) is 0 Å². The molecule has 0 radical (unpaired) electrons. The van der Waals surface area contributed by atoms with Crippen LogP contribution in [0.2, 0.25) is 0 Å². The summed E-state index contributed by atoms with van der Waals surface area (Å²) in [5.41, 5.74) is 0.732. The minimum Gasteiger partial charge on any atom is -0.292 e. The number of Topliss-reactive ketones (excluding diaryl/α,β-unsaturated/α-hetero) is 1. The lowest BCUT2D eigenvalue weighted by atomic mass is 9.96. The maximum atomic E-state index is 12.3. The summed E-state index contributed by atoms with van der Waals surface area (Å²) < 4.78 is 2.63. The van der Waals surface area contributed by atoms with E-state index in [2.05, 4.69) is 41.8 Å². The lowest BCUT2D eigenvalue weighted by Crippen LogP contribution is -2.18. The van der Waals surface area contributed by atoms with Crippen molar-refractivity contribution in [3.63, 3.8) is 0 Å².